The minimum atomic E-state index is -1.03. The van der Waals surface area contributed by atoms with E-state index in [0.29, 0.717) is 23.1 Å². The number of halogens is 2. The lowest BCUT2D eigenvalue weighted by atomic mass is 10.1. The molecule has 1 aliphatic rings. The SMILES string of the molecule is O=c1c(O)c(-c2ccc3c(c2)OCO3)oc2c(F)cc(F)cc12. The van der Waals surface area contributed by atoms with Crippen LogP contribution in [0.25, 0.3) is 22.3 Å². The first kappa shape index (κ1) is 13.6. The fraction of sp³-hybridized carbons (Fsp3) is 0.0625. The van der Waals surface area contributed by atoms with Gasteiger partial charge in [-0.05, 0) is 24.3 Å². The van der Waals surface area contributed by atoms with E-state index < -0.39 is 28.4 Å². The predicted molar refractivity (Wildman–Crippen MR) is 75.6 cm³/mol. The van der Waals surface area contributed by atoms with Gasteiger partial charge in [-0.25, -0.2) is 8.78 Å². The highest BCUT2D eigenvalue weighted by atomic mass is 19.1. The highest BCUT2D eigenvalue weighted by Gasteiger charge is 2.21. The summed E-state index contributed by atoms with van der Waals surface area (Å²) in [6, 6.07) is 6.01. The number of hydrogen-bond donors (Lipinski definition) is 1. The van der Waals surface area contributed by atoms with Crippen molar-refractivity contribution in [2.45, 2.75) is 0 Å². The highest BCUT2D eigenvalue weighted by Crippen LogP contribution is 2.38. The Morgan fingerprint density at radius 3 is 2.65 bits per heavy atom. The van der Waals surface area contributed by atoms with E-state index in [4.69, 9.17) is 13.9 Å². The van der Waals surface area contributed by atoms with E-state index in [9.17, 15) is 18.7 Å². The Hall–Kier alpha value is -3.09. The second kappa shape index (κ2) is 4.70. The van der Waals surface area contributed by atoms with Crippen molar-refractivity contribution in [1.29, 1.82) is 0 Å². The van der Waals surface area contributed by atoms with Gasteiger partial charge >= 0.3 is 0 Å². The van der Waals surface area contributed by atoms with Crippen LogP contribution in [-0.4, -0.2) is 11.9 Å². The van der Waals surface area contributed by atoms with Crippen LogP contribution in [0.5, 0.6) is 17.2 Å². The average molecular weight is 318 g/mol. The zero-order chi connectivity index (χ0) is 16.1. The highest BCUT2D eigenvalue weighted by molar-refractivity contribution is 5.82. The summed E-state index contributed by atoms with van der Waals surface area (Å²) in [5.41, 5.74) is -1.05. The van der Waals surface area contributed by atoms with E-state index in [2.05, 4.69) is 0 Å². The van der Waals surface area contributed by atoms with Crippen LogP contribution in [0.4, 0.5) is 8.78 Å². The third-order valence-corrected chi connectivity index (χ3v) is 3.52. The first-order valence-corrected chi connectivity index (χ1v) is 6.59. The third kappa shape index (κ3) is 2.01. The molecule has 0 radical (unpaired) electrons. The van der Waals surface area contributed by atoms with Crippen LogP contribution in [0.15, 0.2) is 39.5 Å². The van der Waals surface area contributed by atoms with Crippen LogP contribution in [0.1, 0.15) is 0 Å². The molecule has 1 aromatic heterocycles. The van der Waals surface area contributed by atoms with Crippen molar-refractivity contribution in [2.75, 3.05) is 6.79 Å². The van der Waals surface area contributed by atoms with Gasteiger partial charge in [0.25, 0.3) is 0 Å². The lowest BCUT2D eigenvalue weighted by Crippen LogP contribution is -2.04. The molecule has 0 spiro atoms. The van der Waals surface area contributed by atoms with Gasteiger partial charge in [0.05, 0.1) is 5.39 Å². The van der Waals surface area contributed by atoms with Crippen LogP contribution in [-0.2, 0) is 0 Å². The Morgan fingerprint density at radius 2 is 1.83 bits per heavy atom. The standard InChI is InChI=1S/C16H8F2O5/c17-8-4-9-13(19)14(20)15(23-16(9)10(18)5-8)7-1-2-11-12(3-7)22-6-21-11/h1-5,20H,6H2. The fourth-order valence-corrected chi connectivity index (χ4v) is 2.45. The van der Waals surface area contributed by atoms with Gasteiger partial charge in [0.15, 0.2) is 28.7 Å². The molecule has 7 heteroatoms. The molecule has 2 aromatic carbocycles. The van der Waals surface area contributed by atoms with Crippen LogP contribution < -0.4 is 14.9 Å². The van der Waals surface area contributed by atoms with E-state index in [1.54, 1.807) is 6.07 Å². The molecule has 2 heterocycles. The first-order chi connectivity index (χ1) is 11.0. The van der Waals surface area contributed by atoms with Gasteiger partial charge in [-0.2, -0.15) is 0 Å². The quantitative estimate of drug-likeness (QED) is 0.746. The Labute approximate surface area is 127 Å². The summed E-state index contributed by atoms with van der Waals surface area (Å²) >= 11 is 0. The number of benzene rings is 2. The van der Waals surface area contributed by atoms with E-state index in [-0.39, 0.29) is 17.9 Å². The van der Waals surface area contributed by atoms with Gasteiger partial charge in [0, 0.05) is 11.6 Å². The molecule has 0 unspecified atom stereocenters. The second-order valence-electron chi connectivity index (χ2n) is 4.94. The van der Waals surface area contributed by atoms with Crippen LogP contribution >= 0.6 is 0 Å². The number of aromatic hydroxyl groups is 1. The smallest absolute Gasteiger partial charge is 0.235 e. The number of fused-ring (bicyclic) bond motifs is 2. The summed E-state index contributed by atoms with van der Waals surface area (Å²) in [5, 5.41) is 9.69. The number of rotatable bonds is 1. The third-order valence-electron chi connectivity index (χ3n) is 3.52. The van der Waals surface area contributed by atoms with Crippen LogP contribution in [0, 0.1) is 11.6 Å². The molecule has 23 heavy (non-hydrogen) atoms. The first-order valence-electron chi connectivity index (χ1n) is 6.59. The fourth-order valence-electron chi connectivity index (χ4n) is 2.45. The van der Waals surface area contributed by atoms with Crippen LogP contribution in [0.2, 0.25) is 0 Å². The molecule has 1 N–H and O–H groups in total. The van der Waals surface area contributed by atoms with Gasteiger partial charge in [0.2, 0.25) is 18.0 Å². The Morgan fingerprint density at radius 1 is 1.04 bits per heavy atom. The molecule has 0 bridgehead atoms. The molecule has 0 saturated heterocycles. The van der Waals surface area contributed by atoms with E-state index in [0.717, 1.165) is 6.07 Å². The van der Waals surface area contributed by atoms with Crippen molar-refractivity contribution in [3.8, 4) is 28.6 Å². The average Bonchev–Trinajstić information content (AvgIpc) is 2.99. The van der Waals surface area contributed by atoms with E-state index >= 15 is 0 Å². The summed E-state index contributed by atoms with van der Waals surface area (Å²) in [4.78, 5) is 12.2. The molecule has 1 aliphatic heterocycles. The number of ether oxygens (including phenoxy) is 2. The Bertz CT molecular complexity index is 1010. The summed E-state index contributed by atoms with van der Waals surface area (Å²) in [7, 11) is 0. The summed E-state index contributed by atoms with van der Waals surface area (Å²) in [6.07, 6.45) is 0. The van der Waals surface area contributed by atoms with Crippen molar-refractivity contribution >= 4 is 11.0 Å². The minimum absolute atomic E-state index is 0.0559. The van der Waals surface area contributed by atoms with Crippen LogP contribution in [0.3, 0.4) is 0 Å². The zero-order valence-corrected chi connectivity index (χ0v) is 11.4. The van der Waals surface area contributed by atoms with Crippen molar-refractivity contribution in [3.63, 3.8) is 0 Å². The second-order valence-corrected chi connectivity index (χ2v) is 4.94. The minimum Gasteiger partial charge on any atom is -0.502 e. The monoisotopic (exact) mass is 318 g/mol. The molecule has 116 valence electrons. The molecule has 4 rings (SSSR count). The van der Waals surface area contributed by atoms with Gasteiger partial charge in [-0.15, -0.1) is 0 Å². The molecule has 0 atom stereocenters. The molecule has 5 nitrogen and oxygen atoms in total. The maximum absolute atomic E-state index is 13.9. The van der Waals surface area contributed by atoms with Crippen molar-refractivity contribution < 1.29 is 27.8 Å². The molecule has 0 saturated carbocycles. The van der Waals surface area contributed by atoms with Gasteiger partial charge in [0.1, 0.15) is 5.82 Å². The van der Waals surface area contributed by atoms with Gasteiger partial charge < -0.3 is 19.0 Å². The Balaban J connectivity index is 2.01. The molecule has 0 fully saturated rings. The topological polar surface area (TPSA) is 68.9 Å². The van der Waals surface area contributed by atoms with Crippen molar-refractivity contribution in [3.05, 3.63) is 52.2 Å². The molecular weight excluding hydrogens is 310 g/mol. The lowest BCUT2D eigenvalue weighted by molar-refractivity contribution is 0.174. The van der Waals surface area contributed by atoms with Crippen molar-refractivity contribution in [1.82, 2.24) is 0 Å². The largest absolute Gasteiger partial charge is 0.502 e. The van der Waals surface area contributed by atoms with Crippen molar-refractivity contribution in [2.24, 2.45) is 0 Å². The van der Waals surface area contributed by atoms with Gasteiger partial charge in [-0.1, -0.05) is 0 Å². The number of hydrogen-bond acceptors (Lipinski definition) is 5. The molecular formula is C16H8F2O5. The predicted octanol–water partition coefficient (Wildman–Crippen LogP) is 3.17. The maximum atomic E-state index is 13.9. The van der Waals surface area contributed by atoms with E-state index in [1.165, 1.54) is 12.1 Å². The lowest BCUT2D eigenvalue weighted by Gasteiger charge is -2.07. The molecule has 0 aliphatic carbocycles. The zero-order valence-electron chi connectivity index (χ0n) is 11.4. The molecule has 3 aromatic rings. The Kier molecular flexibility index (Phi) is 2.77. The maximum Gasteiger partial charge on any atom is 0.235 e. The summed E-state index contributed by atoms with van der Waals surface area (Å²) in [5.74, 6) is -2.02. The molecule has 0 amide bonds. The summed E-state index contributed by atoms with van der Waals surface area (Å²) < 4.78 is 42.8. The van der Waals surface area contributed by atoms with E-state index in [1.807, 2.05) is 0 Å². The normalized spacial score (nSPS) is 12.8. The van der Waals surface area contributed by atoms with Gasteiger partial charge in [-0.3, -0.25) is 4.79 Å². The summed E-state index contributed by atoms with van der Waals surface area (Å²) in [6.45, 7) is 0.0559.